The molecule has 1 atom stereocenters. The molecule has 0 aliphatic heterocycles. The Bertz CT molecular complexity index is 134. The van der Waals surface area contributed by atoms with Crippen LogP contribution >= 0.6 is 0 Å². The Morgan fingerprint density at radius 1 is 1.08 bits per heavy atom. The fraction of sp³-hybridized carbons (Fsp3) is 1.00. The van der Waals surface area contributed by atoms with Crippen LogP contribution in [0.3, 0.4) is 0 Å². The molecule has 12 heavy (non-hydrogen) atoms. The predicted molar refractivity (Wildman–Crippen MR) is 49.9 cm³/mol. The van der Waals surface area contributed by atoms with Crippen molar-refractivity contribution in [1.29, 1.82) is 0 Å². The summed E-state index contributed by atoms with van der Waals surface area (Å²) in [6.07, 6.45) is 10.5. The van der Waals surface area contributed by atoms with Crippen molar-refractivity contribution in [3.63, 3.8) is 0 Å². The molecule has 0 aromatic carbocycles. The quantitative estimate of drug-likeness (QED) is 0.684. The first-order valence-corrected chi connectivity index (χ1v) is 5.54. The molecular formula is C11H20O. The Kier molecular flexibility index (Phi) is 2.69. The molecule has 1 N–H and O–H groups in total. The summed E-state index contributed by atoms with van der Waals surface area (Å²) in [5.41, 5.74) is 0. The van der Waals surface area contributed by atoms with Crippen molar-refractivity contribution in [3.05, 3.63) is 0 Å². The molecule has 70 valence electrons. The standard InChI is InChI=1S/C11H20O/c12-11(8-7-9-5-6-9)10-3-1-2-4-10/h9-12H,1-8H2. The minimum atomic E-state index is 0.0353. The van der Waals surface area contributed by atoms with Crippen LogP contribution in [0.15, 0.2) is 0 Å². The van der Waals surface area contributed by atoms with Crippen LogP contribution in [0.4, 0.5) is 0 Å². The third-order valence-electron chi connectivity index (χ3n) is 3.51. The lowest BCUT2D eigenvalue weighted by Crippen LogP contribution is -2.17. The summed E-state index contributed by atoms with van der Waals surface area (Å²) in [6, 6.07) is 0. The summed E-state index contributed by atoms with van der Waals surface area (Å²) in [6.45, 7) is 0. The highest BCUT2D eigenvalue weighted by molar-refractivity contribution is 4.79. The van der Waals surface area contributed by atoms with Gasteiger partial charge in [0.15, 0.2) is 0 Å². The molecule has 2 aliphatic carbocycles. The van der Waals surface area contributed by atoms with Crippen molar-refractivity contribution >= 4 is 0 Å². The molecule has 0 radical (unpaired) electrons. The molecule has 0 aromatic heterocycles. The molecular weight excluding hydrogens is 148 g/mol. The highest BCUT2D eigenvalue weighted by Crippen LogP contribution is 2.36. The Labute approximate surface area is 75.2 Å². The molecule has 2 rings (SSSR count). The van der Waals surface area contributed by atoms with E-state index in [1.54, 1.807) is 0 Å². The van der Waals surface area contributed by atoms with Crippen LogP contribution in [-0.4, -0.2) is 11.2 Å². The van der Waals surface area contributed by atoms with E-state index in [2.05, 4.69) is 0 Å². The van der Waals surface area contributed by atoms with Gasteiger partial charge in [-0.15, -0.1) is 0 Å². The van der Waals surface area contributed by atoms with Gasteiger partial charge >= 0.3 is 0 Å². The van der Waals surface area contributed by atoms with E-state index in [9.17, 15) is 5.11 Å². The first-order valence-electron chi connectivity index (χ1n) is 5.54. The number of aliphatic hydroxyl groups excluding tert-OH is 1. The second kappa shape index (κ2) is 3.78. The molecule has 1 heteroatoms. The highest BCUT2D eigenvalue weighted by atomic mass is 16.3. The summed E-state index contributed by atoms with van der Waals surface area (Å²) in [7, 11) is 0. The topological polar surface area (TPSA) is 20.2 Å². The van der Waals surface area contributed by atoms with Crippen LogP contribution in [0.25, 0.3) is 0 Å². The molecule has 0 amide bonds. The van der Waals surface area contributed by atoms with Gasteiger partial charge in [-0.1, -0.05) is 25.7 Å². The Morgan fingerprint density at radius 2 is 1.75 bits per heavy atom. The average Bonchev–Trinajstić information content (AvgIpc) is 2.74. The second-order valence-corrected chi connectivity index (χ2v) is 4.63. The van der Waals surface area contributed by atoms with Crippen LogP contribution in [0.1, 0.15) is 51.4 Å². The molecule has 2 saturated carbocycles. The summed E-state index contributed by atoms with van der Waals surface area (Å²) < 4.78 is 0. The smallest absolute Gasteiger partial charge is 0.0568 e. The second-order valence-electron chi connectivity index (χ2n) is 4.63. The molecule has 1 nitrogen and oxygen atoms in total. The van der Waals surface area contributed by atoms with Gasteiger partial charge in [0.2, 0.25) is 0 Å². The van der Waals surface area contributed by atoms with Gasteiger partial charge in [-0.3, -0.25) is 0 Å². The molecule has 0 bridgehead atoms. The lowest BCUT2D eigenvalue weighted by Gasteiger charge is -2.16. The van der Waals surface area contributed by atoms with Crippen LogP contribution in [0, 0.1) is 11.8 Å². The fourth-order valence-corrected chi connectivity index (χ4v) is 2.39. The van der Waals surface area contributed by atoms with E-state index in [1.807, 2.05) is 0 Å². The molecule has 2 aliphatic rings. The van der Waals surface area contributed by atoms with E-state index in [-0.39, 0.29) is 6.10 Å². The van der Waals surface area contributed by atoms with Gasteiger partial charge in [-0.25, -0.2) is 0 Å². The summed E-state index contributed by atoms with van der Waals surface area (Å²) in [5, 5.41) is 9.83. The minimum absolute atomic E-state index is 0.0353. The van der Waals surface area contributed by atoms with Crippen molar-refractivity contribution in [1.82, 2.24) is 0 Å². The van der Waals surface area contributed by atoms with Gasteiger partial charge in [-0.2, -0.15) is 0 Å². The molecule has 0 aromatic rings. The first-order chi connectivity index (χ1) is 5.86. The van der Waals surface area contributed by atoms with Gasteiger partial charge in [0, 0.05) is 0 Å². The Hall–Kier alpha value is -0.0400. The molecule has 2 fully saturated rings. The maximum absolute atomic E-state index is 9.83. The zero-order valence-corrected chi connectivity index (χ0v) is 7.84. The Balaban J connectivity index is 1.64. The van der Waals surface area contributed by atoms with E-state index < -0.39 is 0 Å². The van der Waals surface area contributed by atoms with Gasteiger partial charge in [0.25, 0.3) is 0 Å². The summed E-state index contributed by atoms with van der Waals surface area (Å²) in [4.78, 5) is 0. The lowest BCUT2D eigenvalue weighted by molar-refractivity contribution is 0.0981. The van der Waals surface area contributed by atoms with Crippen molar-refractivity contribution in [2.75, 3.05) is 0 Å². The van der Waals surface area contributed by atoms with Crippen molar-refractivity contribution in [3.8, 4) is 0 Å². The normalized spacial score (nSPS) is 27.8. The van der Waals surface area contributed by atoms with Gasteiger partial charge < -0.3 is 5.11 Å². The zero-order chi connectivity index (χ0) is 8.39. The van der Waals surface area contributed by atoms with E-state index in [0.717, 1.165) is 12.3 Å². The lowest BCUT2D eigenvalue weighted by atomic mass is 9.96. The third kappa shape index (κ3) is 2.22. The third-order valence-corrected chi connectivity index (χ3v) is 3.51. The fourth-order valence-electron chi connectivity index (χ4n) is 2.39. The predicted octanol–water partition coefficient (Wildman–Crippen LogP) is 2.73. The van der Waals surface area contributed by atoms with E-state index >= 15 is 0 Å². The maximum Gasteiger partial charge on any atom is 0.0568 e. The highest BCUT2D eigenvalue weighted by Gasteiger charge is 2.26. The van der Waals surface area contributed by atoms with Gasteiger partial charge in [0.05, 0.1) is 6.10 Å². The van der Waals surface area contributed by atoms with E-state index in [0.29, 0.717) is 5.92 Å². The van der Waals surface area contributed by atoms with E-state index in [1.165, 1.54) is 44.9 Å². The SMILES string of the molecule is OC(CCC1CC1)C1CCCC1. The number of rotatable bonds is 4. The van der Waals surface area contributed by atoms with Crippen LogP contribution in [-0.2, 0) is 0 Å². The maximum atomic E-state index is 9.83. The largest absolute Gasteiger partial charge is 0.393 e. The monoisotopic (exact) mass is 168 g/mol. The van der Waals surface area contributed by atoms with Gasteiger partial charge in [-0.05, 0) is 37.5 Å². The van der Waals surface area contributed by atoms with Crippen LogP contribution < -0.4 is 0 Å². The van der Waals surface area contributed by atoms with Gasteiger partial charge in [0.1, 0.15) is 0 Å². The van der Waals surface area contributed by atoms with Crippen molar-refractivity contribution < 1.29 is 5.11 Å². The number of hydrogen-bond acceptors (Lipinski definition) is 1. The Morgan fingerprint density at radius 3 is 2.33 bits per heavy atom. The molecule has 1 unspecified atom stereocenters. The van der Waals surface area contributed by atoms with Crippen LogP contribution in [0.5, 0.6) is 0 Å². The summed E-state index contributed by atoms with van der Waals surface area (Å²) in [5.74, 6) is 1.64. The average molecular weight is 168 g/mol. The van der Waals surface area contributed by atoms with Crippen LogP contribution in [0.2, 0.25) is 0 Å². The summed E-state index contributed by atoms with van der Waals surface area (Å²) >= 11 is 0. The first kappa shape index (κ1) is 8.55. The number of aliphatic hydroxyl groups is 1. The van der Waals surface area contributed by atoms with Crippen molar-refractivity contribution in [2.24, 2.45) is 11.8 Å². The van der Waals surface area contributed by atoms with E-state index in [4.69, 9.17) is 0 Å². The molecule has 0 saturated heterocycles. The van der Waals surface area contributed by atoms with Crippen molar-refractivity contribution in [2.45, 2.75) is 57.5 Å². The minimum Gasteiger partial charge on any atom is -0.393 e. The number of hydrogen-bond donors (Lipinski definition) is 1. The molecule has 0 heterocycles. The zero-order valence-electron chi connectivity index (χ0n) is 7.84. The molecule has 0 spiro atoms.